The molecule has 3 aromatic rings. The monoisotopic (exact) mass is 471 g/mol. The van der Waals surface area contributed by atoms with E-state index in [1.165, 1.54) is 20.1 Å². The molecular formula is C22H25N5O5S. The van der Waals surface area contributed by atoms with Crippen LogP contribution in [-0.4, -0.2) is 49.8 Å². The molecule has 3 rings (SSSR count). The predicted octanol–water partition coefficient (Wildman–Crippen LogP) is 2.94. The Morgan fingerprint density at radius 2 is 1.70 bits per heavy atom. The number of nitrogens with one attached hydrogen (secondary N) is 2. The average molecular weight is 472 g/mol. The number of amides is 1. The lowest BCUT2D eigenvalue weighted by Crippen LogP contribution is -2.09. The topological polar surface area (TPSA) is 132 Å². The van der Waals surface area contributed by atoms with Crippen molar-refractivity contribution in [3.05, 3.63) is 53.9 Å². The number of hydrogen-bond acceptors (Lipinski definition) is 9. The zero-order chi connectivity index (χ0) is 24.0. The summed E-state index contributed by atoms with van der Waals surface area (Å²) in [6.45, 7) is 2.03. The van der Waals surface area contributed by atoms with Crippen LogP contribution in [0.1, 0.15) is 18.1 Å². The van der Waals surface area contributed by atoms with Gasteiger partial charge >= 0.3 is 0 Å². The van der Waals surface area contributed by atoms with Crippen LogP contribution in [0.3, 0.4) is 0 Å². The molecule has 0 radical (unpaired) electrons. The molecule has 10 nitrogen and oxygen atoms in total. The van der Waals surface area contributed by atoms with Gasteiger partial charge in [-0.3, -0.25) is 9.78 Å². The van der Waals surface area contributed by atoms with Crippen LogP contribution in [0.25, 0.3) is 11.3 Å². The van der Waals surface area contributed by atoms with Crippen molar-refractivity contribution in [2.45, 2.75) is 25.2 Å². The van der Waals surface area contributed by atoms with E-state index in [-0.39, 0.29) is 17.5 Å². The van der Waals surface area contributed by atoms with Crippen molar-refractivity contribution in [2.24, 2.45) is 0 Å². The molecule has 0 unspecified atom stereocenters. The molecule has 0 aliphatic carbocycles. The van der Waals surface area contributed by atoms with Gasteiger partial charge in [0.25, 0.3) is 0 Å². The summed E-state index contributed by atoms with van der Waals surface area (Å²) in [7, 11) is -0.427. The van der Waals surface area contributed by atoms with E-state index in [4.69, 9.17) is 9.47 Å². The van der Waals surface area contributed by atoms with Gasteiger partial charge in [-0.1, -0.05) is 6.07 Å². The normalized spacial score (nSPS) is 11.3. The number of pyridine rings is 3. The van der Waals surface area contributed by atoms with E-state index < -0.39 is 9.84 Å². The third kappa shape index (κ3) is 6.54. The minimum Gasteiger partial charge on any atom is -0.380 e. The van der Waals surface area contributed by atoms with E-state index in [0.717, 1.165) is 11.8 Å². The number of ether oxygens (including phenoxy) is 2. The van der Waals surface area contributed by atoms with Crippen molar-refractivity contribution in [3.8, 4) is 11.3 Å². The van der Waals surface area contributed by atoms with Crippen LogP contribution in [0, 0.1) is 0 Å². The highest BCUT2D eigenvalue weighted by molar-refractivity contribution is 7.90. The highest BCUT2D eigenvalue weighted by Gasteiger charge is 2.15. The van der Waals surface area contributed by atoms with E-state index in [2.05, 4.69) is 25.6 Å². The maximum Gasteiger partial charge on any atom is 0.222 e. The van der Waals surface area contributed by atoms with Crippen molar-refractivity contribution in [3.63, 3.8) is 0 Å². The molecule has 0 spiro atoms. The summed E-state index contributed by atoms with van der Waals surface area (Å²) in [5, 5.41) is 5.70. The predicted molar refractivity (Wildman–Crippen MR) is 124 cm³/mol. The second-order valence-corrected chi connectivity index (χ2v) is 9.27. The number of nitrogens with zero attached hydrogens (tertiary/aromatic N) is 3. The third-order valence-corrected chi connectivity index (χ3v) is 5.40. The van der Waals surface area contributed by atoms with Gasteiger partial charge in [0.15, 0.2) is 14.9 Å². The highest BCUT2D eigenvalue weighted by Crippen LogP contribution is 2.31. The highest BCUT2D eigenvalue weighted by atomic mass is 32.2. The fourth-order valence-electron chi connectivity index (χ4n) is 3.05. The molecule has 1 amide bonds. The number of anilines is 3. The van der Waals surface area contributed by atoms with Gasteiger partial charge in [0.2, 0.25) is 5.91 Å². The molecule has 0 aliphatic rings. The first-order valence-electron chi connectivity index (χ1n) is 9.88. The fraction of sp³-hybridized carbons (Fsp3) is 0.273. The van der Waals surface area contributed by atoms with Crippen LogP contribution in [0.2, 0.25) is 0 Å². The lowest BCUT2D eigenvalue weighted by Gasteiger charge is -2.15. The Balaban J connectivity index is 2.08. The van der Waals surface area contributed by atoms with Gasteiger partial charge in [-0.15, -0.1) is 0 Å². The fourth-order valence-corrected chi connectivity index (χ4v) is 3.68. The first-order chi connectivity index (χ1) is 15.7. The van der Waals surface area contributed by atoms with Crippen molar-refractivity contribution in [2.75, 3.05) is 31.1 Å². The Morgan fingerprint density at radius 1 is 0.970 bits per heavy atom. The van der Waals surface area contributed by atoms with Gasteiger partial charge in [0, 0.05) is 51.4 Å². The van der Waals surface area contributed by atoms with Crippen LogP contribution in [0.5, 0.6) is 0 Å². The summed E-state index contributed by atoms with van der Waals surface area (Å²) in [5.41, 5.74) is 3.33. The van der Waals surface area contributed by atoms with Gasteiger partial charge in [0.1, 0.15) is 11.6 Å². The standard InChI is InChI=1S/C22H25N5O5S/c1-14(28)25-20-9-19(17(11-24-20)18-6-5-15(10-23-18)12-31-2)26-21-7-16(13-32-3)8-22(27-21)33(4,29)30/h5-11H,12-13H2,1-4H3,(H2,24,25,26,27,28). The molecule has 0 bridgehead atoms. The molecule has 0 saturated carbocycles. The number of carbonyl (C=O) groups is 1. The molecule has 3 aromatic heterocycles. The molecule has 0 aromatic carbocycles. The maximum absolute atomic E-state index is 12.1. The molecule has 2 N–H and O–H groups in total. The summed E-state index contributed by atoms with van der Waals surface area (Å²) in [6, 6.07) is 8.50. The van der Waals surface area contributed by atoms with Crippen LogP contribution in [0.15, 0.2) is 47.8 Å². The SMILES string of the molecule is COCc1ccc(-c2cnc(NC(C)=O)cc2Nc2cc(COC)cc(S(C)(=O)=O)n2)nc1. The van der Waals surface area contributed by atoms with Crippen molar-refractivity contribution in [1.82, 2.24) is 15.0 Å². The first-order valence-corrected chi connectivity index (χ1v) is 11.8. The number of carbonyl (C=O) groups excluding carboxylic acids is 1. The Labute approximate surface area is 192 Å². The van der Waals surface area contributed by atoms with Gasteiger partial charge in [0.05, 0.1) is 24.6 Å². The van der Waals surface area contributed by atoms with Crippen LogP contribution in [0.4, 0.5) is 17.3 Å². The molecule has 0 saturated heterocycles. The molecule has 11 heteroatoms. The van der Waals surface area contributed by atoms with Gasteiger partial charge in [-0.2, -0.15) is 0 Å². The lowest BCUT2D eigenvalue weighted by atomic mass is 10.1. The summed E-state index contributed by atoms with van der Waals surface area (Å²) in [6.07, 6.45) is 4.36. The number of aromatic nitrogens is 3. The van der Waals surface area contributed by atoms with Crippen LogP contribution < -0.4 is 10.6 Å². The Hall–Kier alpha value is -3.41. The molecule has 0 aliphatic heterocycles. The van der Waals surface area contributed by atoms with Gasteiger partial charge in [-0.05, 0) is 29.3 Å². The molecule has 174 valence electrons. The van der Waals surface area contributed by atoms with Crippen LogP contribution in [-0.2, 0) is 37.3 Å². The Bertz CT molecular complexity index is 1250. The van der Waals surface area contributed by atoms with E-state index in [1.807, 2.05) is 12.1 Å². The maximum atomic E-state index is 12.1. The summed E-state index contributed by atoms with van der Waals surface area (Å²) in [5.74, 6) is 0.339. The third-order valence-electron chi connectivity index (χ3n) is 4.44. The summed E-state index contributed by atoms with van der Waals surface area (Å²) < 4.78 is 34.6. The number of rotatable bonds is 9. The molecule has 0 atom stereocenters. The molecular weight excluding hydrogens is 446 g/mol. The number of methoxy groups -OCH3 is 2. The largest absolute Gasteiger partial charge is 0.380 e. The second kappa shape index (κ2) is 10.5. The number of hydrogen-bond donors (Lipinski definition) is 2. The molecule has 3 heterocycles. The van der Waals surface area contributed by atoms with E-state index in [1.54, 1.807) is 31.6 Å². The zero-order valence-electron chi connectivity index (χ0n) is 18.7. The van der Waals surface area contributed by atoms with E-state index >= 15 is 0 Å². The summed E-state index contributed by atoms with van der Waals surface area (Å²) >= 11 is 0. The van der Waals surface area contributed by atoms with Crippen LogP contribution >= 0.6 is 0 Å². The zero-order valence-corrected chi connectivity index (χ0v) is 19.6. The summed E-state index contributed by atoms with van der Waals surface area (Å²) in [4.78, 5) is 24.5. The van der Waals surface area contributed by atoms with Gasteiger partial charge < -0.3 is 20.1 Å². The average Bonchev–Trinajstić information content (AvgIpc) is 2.74. The first kappa shape index (κ1) is 24.2. The van der Waals surface area contributed by atoms with Crippen molar-refractivity contribution in [1.29, 1.82) is 0 Å². The Morgan fingerprint density at radius 3 is 2.30 bits per heavy atom. The lowest BCUT2D eigenvalue weighted by molar-refractivity contribution is -0.114. The van der Waals surface area contributed by atoms with E-state index in [9.17, 15) is 13.2 Å². The number of sulfone groups is 1. The molecule has 33 heavy (non-hydrogen) atoms. The minimum atomic E-state index is -3.56. The van der Waals surface area contributed by atoms with Crippen molar-refractivity contribution < 1.29 is 22.7 Å². The Kier molecular flexibility index (Phi) is 7.69. The molecule has 0 fully saturated rings. The van der Waals surface area contributed by atoms with Gasteiger partial charge in [-0.25, -0.2) is 18.4 Å². The minimum absolute atomic E-state index is 0.0840. The van der Waals surface area contributed by atoms with Crippen molar-refractivity contribution >= 4 is 33.1 Å². The van der Waals surface area contributed by atoms with E-state index in [0.29, 0.717) is 40.8 Å². The second-order valence-electron chi connectivity index (χ2n) is 7.31. The smallest absolute Gasteiger partial charge is 0.222 e. The quantitative estimate of drug-likeness (QED) is 0.483.